The van der Waals surface area contributed by atoms with Crippen LogP contribution in [0.2, 0.25) is 0 Å². The molecule has 0 aliphatic carbocycles. The highest BCUT2D eigenvalue weighted by Crippen LogP contribution is 2.25. The van der Waals surface area contributed by atoms with Crippen LogP contribution in [0.1, 0.15) is 29.8 Å². The number of amides is 1. The number of benzene rings is 2. The molecule has 0 saturated heterocycles. The third-order valence-corrected chi connectivity index (χ3v) is 5.37. The van der Waals surface area contributed by atoms with Crippen LogP contribution in [0.3, 0.4) is 0 Å². The number of nitrogens with zero attached hydrogens (tertiary/aromatic N) is 1. The minimum absolute atomic E-state index is 0.172. The highest BCUT2D eigenvalue weighted by Gasteiger charge is 2.13. The van der Waals surface area contributed by atoms with E-state index in [2.05, 4.69) is 15.0 Å². The van der Waals surface area contributed by atoms with Gasteiger partial charge in [0.2, 0.25) is 15.9 Å². The Hall–Kier alpha value is -3.66. The molecule has 10 heteroatoms. The molecule has 0 aliphatic heterocycles. The summed E-state index contributed by atoms with van der Waals surface area (Å²) < 4.78 is 65.7. The van der Waals surface area contributed by atoms with Gasteiger partial charge in [0.05, 0.1) is 29.4 Å². The van der Waals surface area contributed by atoms with Gasteiger partial charge in [0, 0.05) is 17.2 Å². The van der Waals surface area contributed by atoms with E-state index in [0.29, 0.717) is 22.4 Å². The zero-order valence-electron chi connectivity index (χ0n) is 18.3. The van der Waals surface area contributed by atoms with Crippen molar-refractivity contribution in [2.75, 3.05) is 11.0 Å². The second kappa shape index (κ2) is 10.5. The second-order valence-electron chi connectivity index (χ2n) is 7.56. The van der Waals surface area contributed by atoms with E-state index in [-0.39, 0.29) is 11.4 Å². The van der Waals surface area contributed by atoms with Crippen LogP contribution in [-0.4, -0.2) is 25.6 Å². The Morgan fingerprint density at radius 3 is 2.53 bits per heavy atom. The predicted octanol–water partition coefficient (Wildman–Crippen LogP) is 4.76. The van der Waals surface area contributed by atoms with Crippen molar-refractivity contribution in [3.63, 3.8) is 0 Å². The standard InChI is InChI=1S/C24H22F3N3O3S/c1-15(17-7-10-22(21(27)13-17)30-34(2,32)33)28-23(31)11-8-16-6-9-20(14-25)29-24(16)18-4-3-5-19(26)12-18/h3-13,15,30H,14H2,1-2H3,(H,28,31)/b11-8+/t15-/m1/s1. The van der Waals surface area contributed by atoms with Gasteiger partial charge in [0.1, 0.15) is 18.3 Å². The monoisotopic (exact) mass is 489 g/mol. The quantitative estimate of drug-likeness (QED) is 0.447. The number of carbonyl (C=O) groups is 1. The first kappa shape index (κ1) is 25.0. The lowest BCUT2D eigenvalue weighted by molar-refractivity contribution is -0.117. The van der Waals surface area contributed by atoms with E-state index in [4.69, 9.17) is 0 Å². The van der Waals surface area contributed by atoms with Crippen molar-refractivity contribution < 1.29 is 26.4 Å². The highest BCUT2D eigenvalue weighted by atomic mass is 32.2. The molecule has 1 amide bonds. The summed E-state index contributed by atoms with van der Waals surface area (Å²) in [7, 11) is -3.63. The van der Waals surface area contributed by atoms with E-state index in [0.717, 1.165) is 12.3 Å². The summed E-state index contributed by atoms with van der Waals surface area (Å²) in [6, 6.07) is 12.0. The Morgan fingerprint density at radius 2 is 1.88 bits per heavy atom. The molecular formula is C24H22F3N3O3S. The third kappa shape index (κ3) is 6.67. The first-order valence-corrected chi connectivity index (χ1v) is 12.0. The maximum Gasteiger partial charge on any atom is 0.244 e. The largest absolute Gasteiger partial charge is 0.346 e. The van der Waals surface area contributed by atoms with E-state index >= 15 is 0 Å². The number of carbonyl (C=O) groups excluding carboxylic acids is 1. The number of aromatic nitrogens is 1. The Labute approximate surface area is 195 Å². The Balaban J connectivity index is 1.77. The van der Waals surface area contributed by atoms with Gasteiger partial charge < -0.3 is 5.32 Å². The molecule has 1 aromatic heterocycles. The molecule has 3 aromatic rings. The van der Waals surface area contributed by atoms with Crippen molar-refractivity contribution in [1.82, 2.24) is 10.3 Å². The molecular weight excluding hydrogens is 467 g/mol. The molecule has 0 unspecified atom stereocenters. The summed E-state index contributed by atoms with van der Waals surface area (Å²) in [6.45, 7) is 0.847. The third-order valence-electron chi connectivity index (χ3n) is 4.78. The minimum atomic E-state index is -3.63. The summed E-state index contributed by atoms with van der Waals surface area (Å²) >= 11 is 0. The lowest BCUT2D eigenvalue weighted by Crippen LogP contribution is -2.24. The zero-order valence-corrected chi connectivity index (χ0v) is 19.2. The van der Waals surface area contributed by atoms with Crippen molar-refractivity contribution >= 4 is 27.7 Å². The minimum Gasteiger partial charge on any atom is -0.346 e. The average Bonchev–Trinajstić information content (AvgIpc) is 2.78. The Bertz CT molecular complexity index is 1340. The fourth-order valence-electron chi connectivity index (χ4n) is 3.18. The van der Waals surface area contributed by atoms with Crippen LogP contribution in [-0.2, 0) is 21.5 Å². The lowest BCUT2D eigenvalue weighted by atomic mass is 10.0. The van der Waals surface area contributed by atoms with Gasteiger partial charge in [-0.2, -0.15) is 0 Å². The maximum atomic E-state index is 14.2. The molecule has 6 nitrogen and oxygen atoms in total. The van der Waals surface area contributed by atoms with Crippen LogP contribution < -0.4 is 10.0 Å². The van der Waals surface area contributed by atoms with Gasteiger partial charge in [0.15, 0.2) is 0 Å². The molecule has 1 heterocycles. The molecule has 0 radical (unpaired) electrons. The van der Waals surface area contributed by atoms with E-state index in [1.54, 1.807) is 19.1 Å². The SMILES string of the molecule is C[C@@H](NC(=O)/C=C/c1ccc(CF)nc1-c1cccc(F)c1)c1ccc(NS(C)(=O)=O)c(F)c1. The van der Waals surface area contributed by atoms with Crippen LogP contribution >= 0.6 is 0 Å². The summed E-state index contributed by atoms with van der Waals surface area (Å²) in [5.74, 6) is -1.75. The van der Waals surface area contributed by atoms with Crippen molar-refractivity contribution in [2.24, 2.45) is 0 Å². The molecule has 0 bridgehead atoms. The predicted molar refractivity (Wildman–Crippen MR) is 125 cm³/mol. The summed E-state index contributed by atoms with van der Waals surface area (Å²) in [5.41, 5.74) is 1.63. The summed E-state index contributed by atoms with van der Waals surface area (Å²) in [4.78, 5) is 16.7. The van der Waals surface area contributed by atoms with Crippen LogP contribution in [0.5, 0.6) is 0 Å². The molecule has 2 aromatic carbocycles. The van der Waals surface area contributed by atoms with Gasteiger partial charge in [-0.3, -0.25) is 9.52 Å². The molecule has 0 fully saturated rings. The number of hydrogen-bond acceptors (Lipinski definition) is 4. The van der Waals surface area contributed by atoms with Gasteiger partial charge in [-0.1, -0.05) is 24.3 Å². The van der Waals surface area contributed by atoms with Gasteiger partial charge >= 0.3 is 0 Å². The fourth-order valence-corrected chi connectivity index (χ4v) is 3.74. The van der Waals surface area contributed by atoms with Gasteiger partial charge in [-0.05, 0) is 48.9 Å². The molecule has 1 atom stereocenters. The van der Waals surface area contributed by atoms with E-state index in [1.165, 1.54) is 48.6 Å². The molecule has 0 spiro atoms. The topological polar surface area (TPSA) is 88.2 Å². The van der Waals surface area contributed by atoms with Crippen LogP contribution in [0.25, 0.3) is 17.3 Å². The summed E-state index contributed by atoms with van der Waals surface area (Å²) in [6.07, 6.45) is 3.62. The molecule has 34 heavy (non-hydrogen) atoms. The summed E-state index contributed by atoms with van der Waals surface area (Å²) in [5, 5.41) is 2.68. The van der Waals surface area contributed by atoms with E-state index in [9.17, 15) is 26.4 Å². The number of hydrogen-bond donors (Lipinski definition) is 2. The van der Waals surface area contributed by atoms with Crippen molar-refractivity contribution in [3.8, 4) is 11.3 Å². The Kier molecular flexibility index (Phi) is 7.72. The smallest absolute Gasteiger partial charge is 0.244 e. The number of anilines is 1. The number of rotatable bonds is 8. The van der Waals surface area contributed by atoms with E-state index in [1.807, 2.05) is 0 Å². The molecule has 0 saturated carbocycles. The number of alkyl halides is 1. The lowest BCUT2D eigenvalue weighted by Gasteiger charge is -2.14. The Morgan fingerprint density at radius 1 is 1.12 bits per heavy atom. The van der Waals surface area contributed by atoms with E-state index < -0.39 is 40.3 Å². The highest BCUT2D eigenvalue weighted by molar-refractivity contribution is 7.92. The van der Waals surface area contributed by atoms with Gasteiger partial charge in [-0.15, -0.1) is 0 Å². The average molecular weight is 490 g/mol. The normalized spacial score (nSPS) is 12.5. The number of nitrogens with one attached hydrogen (secondary N) is 2. The van der Waals surface area contributed by atoms with Crippen molar-refractivity contribution in [1.29, 1.82) is 0 Å². The van der Waals surface area contributed by atoms with Crippen molar-refractivity contribution in [2.45, 2.75) is 19.6 Å². The van der Waals surface area contributed by atoms with Gasteiger partial charge in [0.25, 0.3) is 0 Å². The molecule has 178 valence electrons. The van der Waals surface area contributed by atoms with Gasteiger partial charge in [-0.25, -0.2) is 26.6 Å². The molecule has 0 aliphatic rings. The van der Waals surface area contributed by atoms with Crippen molar-refractivity contribution in [3.05, 3.63) is 89.1 Å². The fraction of sp³-hybridized carbons (Fsp3) is 0.167. The maximum absolute atomic E-state index is 14.2. The molecule has 3 rings (SSSR count). The molecule has 2 N–H and O–H groups in total. The number of sulfonamides is 1. The first-order chi connectivity index (χ1) is 16.1. The zero-order chi connectivity index (χ0) is 24.9. The first-order valence-electron chi connectivity index (χ1n) is 10.1. The van der Waals surface area contributed by atoms with Crippen LogP contribution in [0.15, 0.2) is 60.7 Å². The second-order valence-corrected chi connectivity index (χ2v) is 9.31. The number of pyridine rings is 1. The van der Waals surface area contributed by atoms with Crippen LogP contribution in [0.4, 0.5) is 18.9 Å². The van der Waals surface area contributed by atoms with Crippen LogP contribution in [0, 0.1) is 11.6 Å². The number of halogens is 3.